The monoisotopic (exact) mass is 411 g/mol. The topological polar surface area (TPSA) is 49.6 Å². The van der Waals surface area contributed by atoms with Crippen LogP contribution in [0.2, 0.25) is 0 Å². The fourth-order valence-electron chi connectivity index (χ4n) is 2.68. The van der Waals surface area contributed by atoms with Crippen LogP contribution < -0.4 is 10.6 Å². The summed E-state index contributed by atoms with van der Waals surface area (Å²) in [7, 11) is 1.79. The number of para-hydroxylation sites is 1. The van der Waals surface area contributed by atoms with Crippen LogP contribution in [0.25, 0.3) is 11.0 Å². The van der Waals surface area contributed by atoms with Gasteiger partial charge in [-0.2, -0.15) is 0 Å². The van der Waals surface area contributed by atoms with Gasteiger partial charge in [0.05, 0.1) is 6.54 Å². The van der Waals surface area contributed by atoms with Gasteiger partial charge in [-0.05, 0) is 25.8 Å². The summed E-state index contributed by atoms with van der Waals surface area (Å²) in [6, 6.07) is 8.58. The van der Waals surface area contributed by atoms with Crippen LogP contribution >= 0.6 is 24.0 Å². The molecule has 1 aliphatic carbocycles. The van der Waals surface area contributed by atoms with Crippen LogP contribution in [0.1, 0.15) is 24.2 Å². The molecule has 118 valence electrons. The highest BCUT2D eigenvalue weighted by molar-refractivity contribution is 14.0. The van der Waals surface area contributed by atoms with E-state index >= 15 is 0 Å². The average molecular weight is 411 g/mol. The van der Waals surface area contributed by atoms with Gasteiger partial charge in [-0.3, -0.25) is 4.99 Å². The first-order valence-corrected chi connectivity index (χ1v) is 7.37. The van der Waals surface area contributed by atoms with Crippen LogP contribution in [-0.2, 0) is 6.54 Å². The molecule has 0 saturated carbocycles. The molecule has 22 heavy (non-hydrogen) atoms. The molecule has 0 saturated heterocycles. The maximum Gasteiger partial charge on any atom is 0.191 e. The molecule has 1 aromatic carbocycles. The minimum atomic E-state index is 0. The molecule has 0 spiro atoms. The van der Waals surface area contributed by atoms with Gasteiger partial charge in [0.25, 0.3) is 0 Å². The van der Waals surface area contributed by atoms with E-state index in [1.807, 2.05) is 18.2 Å². The van der Waals surface area contributed by atoms with E-state index in [-0.39, 0.29) is 24.0 Å². The highest BCUT2D eigenvalue weighted by Gasteiger charge is 2.13. The number of hydrogen-bond donors (Lipinski definition) is 2. The third-order valence-corrected chi connectivity index (χ3v) is 3.93. The molecule has 0 unspecified atom stereocenters. The van der Waals surface area contributed by atoms with Gasteiger partial charge in [0.1, 0.15) is 11.3 Å². The van der Waals surface area contributed by atoms with Crippen molar-refractivity contribution < 1.29 is 4.42 Å². The zero-order valence-electron chi connectivity index (χ0n) is 12.9. The molecule has 0 aliphatic heterocycles. The largest absolute Gasteiger partial charge is 0.459 e. The fourth-order valence-corrected chi connectivity index (χ4v) is 2.68. The number of hydrogen-bond acceptors (Lipinski definition) is 2. The second-order valence-electron chi connectivity index (χ2n) is 5.36. The SMILES string of the molecule is CN=C(NCc1oc2ccccc2c1C)NC1CC=CC1.I. The lowest BCUT2D eigenvalue weighted by atomic mass is 10.1. The highest BCUT2D eigenvalue weighted by Crippen LogP contribution is 2.24. The summed E-state index contributed by atoms with van der Waals surface area (Å²) in [4.78, 5) is 4.28. The van der Waals surface area contributed by atoms with Crippen LogP contribution in [0.4, 0.5) is 0 Å². The smallest absolute Gasteiger partial charge is 0.191 e. The van der Waals surface area contributed by atoms with Crippen LogP contribution in [-0.4, -0.2) is 19.0 Å². The number of guanidine groups is 1. The van der Waals surface area contributed by atoms with Crippen molar-refractivity contribution in [3.63, 3.8) is 0 Å². The van der Waals surface area contributed by atoms with E-state index in [2.05, 4.69) is 40.8 Å². The van der Waals surface area contributed by atoms with Crippen LogP contribution in [0.5, 0.6) is 0 Å². The van der Waals surface area contributed by atoms with Gasteiger partial charge in [-0.15, -0.1) is 24.0 Å². The molecule has 5 heteroatoms. The van der Waals surface area contributed by atoms with Crippen molar-refractivity contribution in [1.29, 1.82) is 0 Å². The third-order valence-electron chi connectivity index (χ3n) is 3.93. The Hall–Kier alpha value is -1.50. The van der Waals surface area contributed by atoms with E-state index in [0.29, 0.717) is 12.6 Å². The zero-order valence-corrected chi connectivity index (χ0v) is 15.3. The standard InChI is InChI=1S/C17H21N3O.HI/c1-12-14-9-5-6-10-15(14)21-16(12)11-19-17(18-2)20-13-7-3-4-8-13;/h3-6,9-10,13H,7-8,11H2,1-2H3,(H2,18,19,20);1H. The summed E-state index contributed by atoms with van der Waals surface area (Å²) in [6.07, 6.45) is 6.53. The molecule has 2 aromatic rings. The molecule has 0 amide bonds. The van der Waals surface area contributed by atoms with Crippen LogP contribution in [0.15, 0.2) is 45.8 Å². The summed E-state index contributed by atoms with van der Waals surface area (Å²) < 4.78 is 5.91. The second kappa shape index (κ2) is 7.67. The third kappa shape index (κ3) is 3.63. The number of aryl methyl sites for hydroxylation is 1. The first-order chi connectivity index (χ1) is 10.3. The summed E-state index contributed by atoms with van der Waals surface area (Å²) in [5.41, 5.74) is 2.13. The van der Waals surface area contributed by atoms with Gasteiger partial charge in [0.15, 0.2) is 5.96 Å². The van der Waals surface area contributed by atoms with Gasteiger partial charge < -0.3 is 15.1 Å². The molecule has 0 fully saturated rings. The van der Waals surface area contributed by atoms with Crippen LogP contribution in [0.3, 0.4) is 0 Å². The van der Waals surface area contributed by atoms with E-state index in [1.54, 1.807) is 7.05 Å². The van der Waals surface area contributed by atoms with Crippen molar-refractivity contribution in [2.75, 3.05) is 7.05 Å². The summed E-state index contributed by atoms with van der Waals surface area (Å²) in [5, 5.41) is 7.93. The van der Waals surface area contributed by atoms with E-state index in [1.165, 1.54) is 10.9 Å². The maximum atomic E-state index is 5.91. The number of furan rings is 1. The Morgan fingerprint density at radius 1 is 1.27 bits per heavy atom. The lowest BCUT2D eigenvalue weighted by molar-refractivity contribution is 0.531. The second-order valence-corrected chi connectivity index (χ2v) is 5.36. The van der Waals surface area contributed by atoms with Gasteiger partial charge in [-0.1, -0.05) is 30.4 Å². The Labute approximate surface area is 148 Å². The number of halogens is 1. The van der Waals surface area contributed by atoms with E-state index in [9.17, 15) is 0 Å². The number of aliphatic imine (C=N–C) groups is 1. The maximum absolute atomic E-state index is 5.91. The zero-order chi connectivity index (χ0) is 14.7. The lowest BCUT2D eigenvalue weighted by Crippen LogP contribution is -2.42. The minimum Gasteiger partial charge on any atom is -0.459 e. The summed E-state index contributed by atoms with van der Waals surface area (Å²) >= 11 is 0. The van der Waals surface area contributed by atoms with Crippen molar-refractivity contribution >= 4 is 40.9 Å². The van der Waals surface area contributed by atoms with E-state index in [0.717, 1.165) is 30.1 Å². The number of fused-ring (bicyclic) bond motifs is 1. The Morgan fingerprint density at radius 2 is 2.00 bits per heavy atom. The van der Waals surface area contributed by atoms with Crippen molar-refractivity contribution in [3.8, 4) is 0 Å². The van der Waals surface area contributed by atoms with Gasteiger partial charge in [-0.25, -0.2) is 0 Å². The minimum absolute atomic E-state index is 0. The van der Waals surface area contributed by atoms with Gasteiger partial charge >= 0.3 is 0 Å². The van der Waals surface area contributed by atoms with Crippen molar-refractivity contribution in [1.82, 2.24) is 10.6 Å². The molecular formula is C17H22IN3O. The molecule has 4 nitrogen and oxygen atoms in total. The molecule has 0 radical (unpaired) electrons. The van der Waals surface area contributed by atoms with Gasteiger partial charge in [0, 0.05) is 24.0 Å². The highest BCUT2D eigenvalue weighted by atomic mass is 127. The predicted octanol–water partition coefficient (Wildman–Crippen LogP) is 3.74. The molecule has 1 heterocycles. The Kier molecular flexibility index (Phi) is 5.88. The number of rotatable bonds is 3. The quantitative estimate of drug-likeness (QED) is 0.350. The Bertz CT molecular complexity index is 682. The number of nitrogens with zero attached hydrogens (tertiary/aromatic N) is 1. The predicted molar refractivity (Wildman–Crippen MR) is 102 cm³/mol. The Balaban J connectivity index is 0.00000176. The fraction of sp³-hybridized carbons (Fsp3) is 0.353. The first-order valence-electron chi connectivity index (χ1n) is 7.37. The summed E-state index contributed by atoms with van der Waals surface area (Å²) in [5.74, 6) is 1.78. The molecule has 1 aromatic heterocycles. The van der Waals surface area contributed by atoms with E-state index < -0.39 is 0 Å². The Morgan fingerprint density at radius 3 is 2.68 bits per heavy atom. The molecule has 2 N–H and O–H groups in total. The van der Waals surface area contributed by atoms with Crippen molar-refractivity contribution in [2.45, 2.75) is 32.4 Å². The first kappa shape index (κ1) is 16.9. The van der Waals surface area contributed by atoms with Crippen molar-refractivity contribution in [3.05, 3.63) is 47.7 Å². The van der Waals surface area contributed by atoms with Crippen molar-refractivity contribution in [2.24, 2.45) is 4.99 Å². The number of nitrogens with one attached hydrogen (secondary N) is 2. The van der Waals surface area contributed by atoms with E-state index in [4.69, 9.17) is 4.42 Å². The van der Waals surface area contributed by atoms with Crippen LogP contribution in [0, 0.1) is 6.92 Å². The van der Waals surface area contributed by atoms with Gasteiger partial charge in [0.2, 0.25) is 0 Å². The average Bonchev–Trinajstić information content (AvgIpc) is 3.12. The molecule has 1 aliphatic rings. The molecule has 0 atom stereocenters. The molecule has 0 bridgehead atoms. The molecule has 3 rings (SSSR count). The molecular weight excluding hydrogens is 389 g/mol. The normalized spacial score (nSPS) is 15.1. The number of benzene rings is 1. The lowest BCUT2D eigenvalue weighted by Gasteiger charge is -2.16. The summed E-state index contributed by atoms with van der Waals surface area (Å²) in [6.45, 7) is 2.74.